The molecular formula is C14H16N2O2. The van der Waals surface area contributed by atoms with Crippen molar-refractivity contribution in [3.63, 3.8) is 0 Å². The molecule has 0 aliphatic rings. The summed E-state index contributed by atoms with van der Waals surface area (Å²) in [5.41, 5.74) is 1.95. The third-order valence-corrected chi connectivity index (χ3v) is 2.78. The Morgan fingerprint density at radius 2 is 2.11 bits per heavy atom. The molecule has 1 aromatic carbocycles. The van der Waals surface area contributed by atoms with E-state index in [1.54, 1.807) is 22.9 Å². The molecule has 0 amide bonds. The van der Waals surface area contributed by atoms with Crippen LogP contribution in [-0.4, -0.2) is 22.2 Å². The van der Waals surface area contributed by atoms with Gasteiger partial charge in [-0.3, -0.25) is 9.48 Å². The fourth-order valence-corrected chi connectivity index (χ4v) is 1.75. The number of hydrogen-bond acceptors (Lipinski definition) is 3. The molecule has 0 aliphatic heterocycles. The fourth-order valence-electron chi connectivity index (χ4n) is 1.75. The second-order valence-corrected chi connectivity index (χ2v) is 4.05. The zero-order valence-corrected chi connectivity index (χ0v) is 10.8. The number of aryl methyl sites for hydroxylation is 2. The highest BCUT2D eigenvalue weighted by atomic mass is 16.5. The first kappa shape index (κ1) is 12.4. The maximum Gasteiger partial charge on any atom is 0.216 e. The molecule has 4 heteroatoms. The maximum atomic E-state index is 12.4. The number of para-hydroxylation sites is 1. The molecule has 0 bridgehead atoms. The second kappa shape index (κ2) is 5.04. The van der Waals surface area contributed by atoms with Crippen LogP contribution in [0.4, 0.5) is 0 Å². The van der Waals surface area contributed by atoms with E-state index in [9.17, 15) is 4.79 Å². The zero-order valence-electron chi connectivity index (χ0n) is 10.8. The molecule has 94 valence electrons. The SMILES string of the molecule is CCOc1ccccc1C(=O)c1cc(C)n(C)n1. The average molecular weight is 244 g/mol. The Morgan fingerprint density at radius 3 is 2.72 bits per heavy atom. The van der Waals surface area contributed by atoms with E-state index in [0.717, 1.165) is 5.69 Å². The fraction of sp³-hybridized carbons (Fsp3) is 0.286. The van der Waals surface area contributed by atoms with E-state index < -0.39 is 0 Å². The van der Waals surface area contributed by atoms with Gasteiger partial charge in [-0.2, -0.15) is 5.10 Å². The summed E-state index contributed by atoms with van der Waals surface area (Å²) >= 11 is 0. The Labute approximate surface area is 106 Å². The van der Waals surface area contributed by atoms with E-state index in [-0.39, 0.29) is 5.78 Å². The average Bonchev–Trinajstić information content (AvgIpc) is 2.70. The van der Waals surface area contributed by atoms with E-state index in [0.29, 0.717) is 23.6 Å². The minimum atomic E-state index is -0.109. The molecule has 0 saturated heterocycles. The molecule has 0 fully saturated rings. The predicted octanol–water partition coefficient (Wildman–Crippen LogP) is 2.36. The van der Waals surface area contributed by atoms with Gasteiger partial charge in [0.25, 0.3) is 0 Å². The highest BCUT2D eigenvalue weighted by Crippen LogP contribution is 2.21. The molecule has 0 N–H and O–H groups in total. The van der Waals surface area contributed by atoms with Gasteiger partial charge in [-0.05, 0) is 32.0 Å². The van der Waals surface area contributed by atoms with Gasteiger partial charge in [0, 0.05) is 12.7 Å². The maximum absolute atomic E-state index is 12.4. The molecular weight excluding hydrogens is 228 g/mol. The van der Waals surface area contributed by atoms with Gasteiger partial charge in [0.2, 0.25) is 5.78 Å². The summed E-state index contributed by atoms with van der Waals surface area (Å²) in [4.78, 5) is 12.4. The second-order valence-electron chi connectivity index (χ2n) is 4.05. The largest absolute Gasteiger partial charge is 0.493 e. The first-order valence-corrected chi connectivity index (χ1v) is 5.90. The molecule has 2 aromatic rings. The number of aromatic nitrogens is 2. The van der Waals surface area contributed by atoms with Crippen LogP contribution in [0, 0.1) is 6.92 Å². The van der Waals surface area contributed by atoms with E-state index in [1.165, 1.54) is 0 Å². The van der Waals surface area contributed by atoms with Gasteiger partial charge in [0.05, 0.1) is 12.2 Å². The molecule has 0 saturated carbocycles. The summed E-state index contributed by atoms with van der Waals surface area (Å²) < 4.78 is 7.15. The minimum absolute atomic E-state index is 0.109. The van der Waals surface area contributed by atoms with Gasteiger partial charge < -0.3 is 4.74 Å². The van der Waals surface area contributed by atoms with E-state index in [4.69, 9.17) is 4.74 Å². The van der Waals surface area contributed by atoms with Gasteiger partial charge in [-0.15, -0.1) is 0 Å². The van der Waals surface area contributed by atoms with Gasteiger partial charge >= 0.3 is 0 Å². The van der Waals surface area contributed by atoms with Crippen LogP contribution in [0.15, 0.2) is 30.3 Å². The summed E-state index contributed by atoms with van der Waals surface area (Å²) in [5.74, 6) is 0.496. The first-order chi connectivity index (χ1) is 8.63. The van der Waals surface area contributed by atoms with Crippen LogP contribution in [0.25, 0.3) is 0 Å². The van der Waals surface area contributed by atoms with Crippen LogP contribution in [0.3, 0.4) is 0 Å². The Bertz CT molecular complexity index is 553. The van der Waals surface area contributed by atoms with Gasteiger partial charge in [0.15, 0.2) is 0 Å². The monoisotopic (exact) mass is 244 g/mol. The molecule has 0 spiro atoms. The highest BCUT2D eigenvalue weighted by molar-refractivity contribution is 6.09. The van der Waals surface area contributed by atoms with Crippen molar-refractivity contribution in [3.05, 3.63) is 47.3 Å². The lowest BCUT2D eigenvalue weighted by Crippen LogP contribution is -2.06. The molecule has 1 heterocycles. The number of carbonyl (C=O) groups is 1. The van der Waals surface area contributed by atoms with Crippen LogP contribution >= 0.6 is 0 Å². The van der Waals surface area contributed by atoms with Crippen LogP contribution in [0.1, 0.15) is 28.7 Å². The van der Waals surface area contributed by atoms with Crippen molar-refractivity contribution in [2.45, 2.75) is 13.8 Å². The molecule has 0 aliphatic carbocycles. The standard InChI is InChI=1S/C14H16N2O2/c1-4-18-13-8-6-5-7-11(13)14(17)12-9-10(2)16(3)15-12/h5-9H,4H2,1-3H3. The lowest BCUT2D eigenvalue weighted by atomic mass is 10.1. The lowest BCUT2D eigenvalue weighted by molar-refractivity contribution is 0.103. The van der Waals surface area contributed by atoms with Crippen LogP contribution < -0.4 is 4.74 Å². The third-order valence-electron chi connectivity index (χ3n) is 2.78. The molecule has 18 heavy (non-hydrogen) atoms. The van der Waals surface area contributed by atoms with Crippen molar-refractivity contribution >= 4 is 5.78 Å². The molecule has 1 aromatic heterocycles. The molecule has 4 nitrogen and oxygen atoms in total. The van der Waals surface area contributed by atoms with Crippen molar-refractivity contribution in [1.29, 1.82) is 0 Å². The van der Waals surface area contributed by atoms with E-state index >= 15 is 0 Å². The number of ether oxygens (including phenoxy) is 1. The molecule has 0 atom stereocenters. The lowest BCUT2D eigenvalue weighted by Gasteiger charge is -2.07. The zero-order chi connectivity index (χ0) is 13.1. The van der Waals surface area contributed by atoms with E-state index in [2.05, 4.69) is 5.10 Å². The number of ketones is 1. The minimum Gasteiger partial charge on any atom is -0.493 e. The summed E-state index contributed by atoms with van der Waals surface area (Å²) in [6.07, 6.45) is 0. The van der Waals surface area contributed by atoms with Crippen molar-refractivity contribution < 1.29 is 9.53 Å². The van der Waals surface area contributed by atoms with Crippen molar-refractivity contribution in [2.24, 2.45) is 7.05 Å². The van der Waals surface area contributed by atoms with Crippen LogP contribution in [0.5, 0.6) is 5.75 Å². The van der Waals surface area contributed by atoms with E-state index in [1.807, 2.05) is 33.0 Å². The number of benzene rings is 1. The number of rotatable bonds is 4. The number of hydrogen-bond donors (Lipinski definition) is 0. The predicted molar refractivity (Wildman–Crippen MR) is 69.0 cm³/mol. The molecule has 2 rings (SSSR count). The van der Waals surface area contributed by atoms with Gasteiger partial charge in [-0.1, -0.05) is 12.1 Å². The van der Waals surface area contributed by atoms with Gasteiger partial charge in [-0.25, -0.2) is 0 Å². The Kier molecular flexibility index (Phi) is 3.46. The van der Waals surface area contributed by atoms with Crippen molar-refractivity contribution in [2.75, 3.05) is 6.61 Å². The molecule has 0 unspecified atom stereocenters. The highest BCUT2D eigenvalue weighted by Gasteiger charge is 2.17. The van der Waals surface area contributed by atoms with Gasteiger partial charge in [0.1, 0.15) is 11.4 Å². The summed E-state index contributed by atoms with van der Waals surface area (Å²) in [7, 11) is 1.82. The molecule has 0 radical (unpaired) electrons. The van der Waals surface area contributed by atoms with Crippen molar-refractivity contribution in [3.8, 4) is 5.75 Å². The number of carbonyl (C=O) groups excluding carboxylic acids is 1. The number of nitrogens with zero attached hydrogens (tertiary/aromatic N) is 2. The summed E-state index contributed by atoms with van der Waals surface area (Å²) in [6.45, 7) is 4.34. The summed E-state index contributed by atoms with van der Waals surface area (Å²) in [5, 5.41) is 4.20. The normalized spacial score (nSPS) is 10.4. The Hall–Kier alpha value is -2.10. The summed E-state index contributed by atoms with van der Waals surface area (Å²) in [6, 6.07) is 9.02. The third kappa shape index (κ3) is 2.27. The van der Waals surface area contributed by atoms with Crippen LogP contribution in [-0.2, 0) is 7.05 Å². The Morgan fingerprint density at radius 1 is 1.39 bits per heavy atom. The topological polar surface area (TPSA) is 44.1 Å². The quantitative estimate of drug-likeness (QED) is 0.775. The first-order valence-electron chi connectivity index (χ1n) is 5.90. The van der Waals surface area contributed by atoms with Crippen LogP contribution in [0.2, 0.25) is 0 Å². The smallest absolute Gasteiger partial charge is 0.216 e. The van der Waals surface area contributed by atoms with Crippen molar-refractivity contribution in [1.82, 2.24) is 9.78 Å². The Balaban J connectivity index is 2.39.